The second-order valence-corrected chi connectivity index (χ2v) is 6.53. The molecule has 7 heteroatoms. The van der Waals surface area contributed by atoms with E-state index in [2.05, 4.69) is 33.2 Å². The van der Waals surface area contributed by atoms with Crippen LogP contribution in [-0.2, 0) is 4.74 Å². The Kier molecular flexibility index (Phi) is 8.10. The highest BCUT2D eigenvalue weighted by Gasteiger charge is 2.10. The monoisotopic (exact) mass is 470 g/mol. The number of rotatable bonds is 7. The molecule has 0 unspecified atom stereocenters. The first-order valence-corrected chi connectivity index (χ1v) is 9.26. The highest BCUT2D eigenvalue weighted by molar-refractivity contribution is 14.1. The zero-order chi connectivity index (χ0) is 18.1. The first-order valence-electron chi connectivity index (χ1n) is 7.77. The molecule has 0 spiro atoms. The predicted octanol–water partition coefficient (Wildman–Crippen LogP) is 3.83. The number of nitrogens with one attached hydrogen (secondary N) is 2. The summed E-state index contributed by atoms with van der Waals surface area (Å²) in [4.78, 5) is 12.2. The molecule has 132 valence electrons. The summed E-state index contributed by atoms with van der Waals surface area (Å²) in [5, 5.41) is 5.90. The van der Waals surface area contributed by atoms with Crippen molar-refractivity contribution >= 4 is 51.5 Å². The van der Waals surface area contributed by atoms with E-state index in [0.717, 1.165) is 15.0 Å². The minimum atomic E-state index is -0.238. The SMILES string of the molecule is CCOCCOc1ccc(NC(=S)NC(=O)c2ccccc2I)cc1. The fraction of sp³-hybridized carbons (Fsp3) is 0.222. The molecule has 0 bridgehead atoms. The number of thiocarbonyl (C=S) groups is 1. The van der Waals surface area contributed by atoms with E-state index in [1.807, 2.05) is 49.4 Å². The zero-order valence-electron chi connectivity index (χ0n) is 13.8. The van der Waals surface area contributed by atoms with Gasteiger partial charge in [-0.3, -0.25) is 10.1 Å². The topological polar surface area (TPSA) is 59.6 Å². The lowest BCUT2D eigenvalue weighted by Crippen LogP contribution is -2.34. The van der Waals surface area contributed by atoms with Gasteiger partial charge in [0.15, 0.2) is 5.11 Å². The van der Waals surface area contributed by atoms with E-state index in [-0.39, 0.29) is 11.0 Å². The molecule has 0 fully saturated rings. The molecular formula is C18H19IN2O3S. The van der Waals surface area contributed by atoms with Crippen LogP contribution in [0.1, 0.15) is 17.3 Å². The summed E-state index contributed by atoms with van der Waals surface area (Å²) in [6.07, 6.45) is 0. The first kappa shape index (κ1) is 19.6. The van der Waals surface area contributed by atoms with Crippen molar-refractivity contribution in [1.29, 1.82) is 0 Å². The van der Waals surface area contributed by atoms with Gasteiger partial charge in [-0.05, 0) is 78.1 Å². The highest BCUT2D eigenvalue weighted by Crippen LogP contribution is 2.16. The van der Waals surface area contributed by atoms with Gasteiger partial charge in [0, 0.05) is 15.9 Å². The summed E-state index contributed by atoms with van der Waals surface area (Å²) in [5.74, 6) is 0.512. The van der Waals surface area contributed by atoms with Crippen molar-refractivity contribution in [1.82, 2.24) is 5.32 Å². The molecule has 2 aromatic rings. The number of ether oxygens (including phenoxy) is 2. The first-order chi connectivity index (χ1) is 12.1. The van der Waals surface area contributed by atoms with E-state index >= 15 is 0 Å². The molecule has 2 rings (SSSR count). The number of benzene rings is 2. The minimum absolute atomic E-state index is 0.238. The highest BCUT2D eigenvalue weighted by atomic mass is 127. The van der Waals surface area contributed by atoms with E-state index in [0.29, 0.717) is 25.4 Å². The minimum Gasteiger partial charge on any atom is -0.491 e. The van der Waals surface area contributed by atoms with Gasteiger partial charge in [0.05, 0.1) is 12.2 Å². The van der Waals surface area contributed by atoms with Crippen LogP contribution >= 0.6 is 34.8 Å². The number of amides is 1. The Balaban J connectivity index is 1.84. The van der Waals surface area contributed by atoms with Crippen molar-refractivity contribution in [3.05, 3.63) is 57.7 Å². The van der Waals surface area contributed by atoms with Crippen LogP contribution in [0.4, 0.5) is 5.69 Å². The maximum atomic E-state index is 12.2. The normalized spacial score (nSPS) is 10.2. The van der Waals surface area contributed by atoms with Crippen LogP contribution in [-0.4, -0.2) is 30.8 Å². The standard InChI is InChI=1S/C18H19IN2O3S/c1-2-23-11-12-24-14-9-7-13(8-10-14)20-18(25)21-17(22)15-5-3-4-6-16(15)19/h3-10H,2,11-12H2,1H3,(H2,20,21,22,25). The van der Waals surface area contributed by atoms with Crippen molar-refractivity contribution in [2.45, 2.75) is 6.92 Å². The molecule has 5 nitrogen and oxygen atoms in total. The van der Waals surface area contributed by atoms with Gasteiger partial charge in [0.1, 0.15) is 12.4 Å². The third-order valence-corrected chi connectivity index (χ3v) is 4.30. The van der Waals surface area contributed by atoms with Crippen molar-refractivity contribution in [2.75, 3.05) is 25.1 Å². The Bertz CT molecular complexity index is 723. The summed E-state index contributed by atoms with van der Waals surface area (Å²) >= 11 is 7.31. The van der Waals surface area contributed by atoms with Crippen molar-refractivity contribution in [3.63, 3.8) is 0 Å². The molecular weight excluding hydrogens is 451 g/mol. The lowest BCUT2D eigenvalue weighted by atomic mass is 10.2. The fourth-order valence-corrected chi connectivity index (χ4v) is 2.82. The van der Waals surface area contributed by atoms with Crippen LogP contribution in [0.15, 0.2) is 48.5 Å². The van der Waals surface area contributed by atoms with Crippen LogP contribution in [0.3, 0.4) is 0 Å². The second-order valence-electron chi connectivity index (χ2n) is 4.96. The Morgan fingerprint density at radius 3 is 2.52 bits per heavy atom. The Morgan fingerprint density at radius 1 is 1.12 bits per heavy atom. The van der Waals surface area contributed by atoms with Gasteiger partial charge in [-0.25, -0.2) is 0 Å². The summed E-state index contributed by atoms with van der Waals surface area (Å²) in [6, 6.07) is 14.7. The molecule has 0 aromatic heterocycles. The van der Waals surface area contributed by atoms with Crippen LogP contribution in [0.2, 0.25) is 0 Å². The largest absolute Gasteiger partial charge is 0.491 e. The van der Waals surface area contributed by atoms with Crippen LogP contribution in [0.5, 0.6) is 5.75 Å². The molecule has 0 heterocycles. The Labute approximate surface area is 166 Å². The van der Waals surface area contributed by atoms with Gasteiger partial charge in [-0.1, -0.05) is 12.1 Å². The van der Waals surface area contributed by atoms with Gasteiger partial charge in [0.25, 0.3) is 5.91 Å². The molecule has 2 N–H and O–H groups in total. The quantitative estimate of drug-likeness (QED) is 0.366. The maximum absolute atomic E-state index is 12.2. The third kappa shape index (κ3) is 6.60. The number of carbonyl (C=O) groups excluding carboxylic acids is 1. The Hall–Kier alpha value is -1.71. The second kappa shape index (κ2) is 10.3. The lowest BCUT2D eigenvalue weighted by molar-refractivity contribution is 0.0977. The van der Waals surface area contributed by atoms with Crippen molar-refractivity contribution < 1.29 is 14.3 Å². The average molecular weight is 470 g/mol. The molecule has 0 aliphatic rings. The summed E-state index contributed by atoms with van der Waals surface area (Å²) in [7, 11) is 0. The summed E-state index contributed by atoms with van der Waals surface area (Å²) < 4.78 is 11.6. The smallest absolute Gasteiger partial charge is 0.258 e. The zero-order valence-corrected chi connectivity index (χ0v) is 16.7. The Morgan fingerprint density at radius 2 is 1.84 bits per heavy atom. The van der Waals surface area contributed by atoms with Gasteiger partial charge >= 0.3 is 0 Å². The molecule has 0 aliphatic heterocycles. The van der Waals surface area contributed by atoms with Gasteiger partial charge < -0.3 is 14.8 Å². The van der Waals surface area contributed by atoms with Crippen LogP contribution in [0, 0.1) is 3.57 Å². The molecule has 0 saturated heterocycles. The predicted molar refractivity (Wildman–Crippen MR) is 111 cm³/mol. The molecule has 2 aromatic carbocycles. The molecule has 0 saturated carbocycles. The molecule has 25 heavy (non-hydrogen) atoms. The van der Waals surface area contributed by atoms with Gasteiger partial charge in [-0.2, -0.15) is 0 Å². The number of hydrogen-bond acceptors (Lipinski definition) is 4. The van der Waals surface area contributed by atoms with E-state index in [1.165, 1.54) is 0 Å². The van der Waals surface area contributed by atoms with E-state index < -0.39 is 0 Å². The summed E-state index contributed by atoms with van der Waals surface area (Å²) in [5.41, 5.74) is 1.36. The molecule has 1 amide bonds. The third-order valence-electron chi connectivity index (χ3n) is 3.16. The van der Waals surface area contributed by atoms with Crippen LogP contribution in [0.25, 0.3) is 0 Å². The van der Waals surface area contributed by atoms with Crippen LogP contribution < -0.4 is 15.4 Å². The molecule has 0 atom stereocenters. The number of halogens is 1. The lowest BCUT2D eigenvalue weighted by Gasteiger charge is -2.11. The molecule has 0 radical (unpaired) electrons. The number of anilines is 1. The van der Waals surface area contributed by atoms with E-state index in [4.69, 9.17) is 21.7 Å². The van der Waals surface area contributed by atoms with E-state index in [1.54, 1.807) is 6.07 Å². The molecule has 0 aliphatic carbocycles. The fourth-order valence-electron chi connectivity index (χ4n) is 1.98. The maximum Gasteiger partial charge on any atom is 0.258 e. The van der Waals surface area contributed by atoms with Crippen molar-refractivity contribution in [2.24, 2.45) is 0 Å². The average Bonchev–Trinajstić information content (AvgIpc) is 2.60. The van der Waals surface area contributed by atoms with Gasteiger partial charge in [0.2, 0.25) is 0 Å². The number of carbonyl (C=O) groups is 1. The van der Waals surface area contributed by atoms with Gasteiger partial charge in [-0.15, -0.1) is 0 Å². The number of hydrogen-bond donors (Lipinski definition) is 2. The summed E-state index contributed by atoms with van der Waals surface area (Å²) in [6.45, 7) is 3.69. The van der Waals surface area contributed by atoms with E-state index in [9.17, 15) is 4.79 Å². The van der Waals surface area contributed by atoms with Crippen molar-refractivity contribution in [3.8, 4) is 5.75 Å².